The molecule has 1 saturated heterocycles. The molecule has 0 saturated carbocycles. The number of hydrogen-bond donors (Lipinski definition) is 1. The minimum atomic E-state index is -0.371. The van der Waals surface area contributed by atoms with Crippen LogP contribution in [0.25, 0.3) is 11.1 Å². The lowest BCUT2D eigenvalue weighted by atomic mass is 10.0. The molecule has 1 fully saturated rings. The first kappa shape index (κ1) is 17.0. The van der Waals surface area contributed by atoms with Crippen molar-refractivity contribution < 1.29 is 9.53 Å². The van der Waals surface area contributed by atoms with Crippen LogP contribution in [0.15, 0.2) is 66.9 Å². The second kappa shape index (κ2) is 7.45. The first-order valence-electron chi connectivity index (χ1n) is 8.90. The van der Waals surface area contributed by atoms with Crippen LogP contribution < -0.4 is 10.2 Å². The lowest BCUT2D eigenvalue weighted by Gasteiger charge is -2.17. The topological polar surface area (TPSA) is 67.3 Å². The summed E-state index contributed by atoms with van der Waals surface area (Å²) in [7, 11) is 0. The molecule has 4 rings (SSSR count). The van der Waals surface area contributed by atoms with Crippen LogP contribution in [0, 0.1) is 0 Å². The van der Waals surface area contributed by atoms with Crippen LogP contribution in [-0.2, 0) is 4.74 Å². The van der Waals surface area contributed by atoms with Gasteiger partial charge in [0.25, 0.3) is 0 Å². The van der Waals surface area contributed by atoms with E-state index in [2.05, 4.69) is 58.6 Å². The van der Waals surface area contributed by atoms with Crippen LogP contribution in [0.1, 0.15) is 18.5 Å². The van der Waals surface area contributed by atoms with Crippen molar-refractivity contribution in [3.8, 4) is 11.1 Å². The SMILES string of the molecule is CC(Nc1nccc(N2CCOC2=O)n1)c1ccc(-c2ccccc2)cc1. The normalized spacial score (nSPS) is 14.7. The summed E-state index contributed by atoms with van der Waals surface area (Å²) in [5, 5.41) is 3.30. The first-order valence-corrected chi connectivity index (χ1v) is 8.90. The van der Waals surface area contributed by atoms with E-state index < -0.39 is 0 Å². The zero-order valence-corrected chi connectivity index (χ0v) is 15.0. The summed E-state index contributed by atoms with van der Waals surface area (Å²) in [5.41, 5.74) is 3.50. The predicted octanol–water partition coefficient (Wildman–Crippen LogP) is 4.27. The first-order chi connectivity index (χ1) is 13.2. The van der Waals surface area contributed by atoms with Crippen molar-refractivity contribution in [3.05, 3.63) is 72.4 Å². The van der Waals surface area contributed by atoms with Gasteiger partial charge in [-0.05, 0) is 29.7 Å². The van der Waals surface area contributed by atoms with Crippen LogP contribution >= 0.6 is 0 Å². The molecule has 0 aliphatic carbocycles. The Morgan fingerprint density at radius 1 is 1.04 bits per heavy atom. The van der Waals surface area contributed by atoms with E-state index in [1.54, 1.807) is 12.3 Å². The molecule has 1 aromatic heterocycles. The van der Waals surface area contributed by atoms with Gasteiger partial charge in [-0.25, -0.2) is 9.78 Å². The van der Waals surface area contributed by atoms with Gasteiger partial charge in [-0.15, -0.1) is 0 Å². The molecule has 2 aromatic carbocycles. The van der Waals surface area contributed by atoms with E-state index in [0.717, 1.165) is 5.56 Å². The van der Waals surface area contributed by atoms with Gasteiger partial charge in [-0.3, -0.25) is 4.90 Å². The average molecular weight is 360 g/mol. The third-order valence-electron chi connectivity index (χ3n) is 4.54. The lowest BCUT2D eigenvalue weighted by molar-refractivity contribution is 0.181. The number of nitrogens with zero attached hydrogens (tertiary/aromatic N) is 3. The van der Waals surface area contributed by atoms with Crippen LogP contribution in [0.3, 0.4) is 0 Å². The fraction of sp³-hybridized carbons (Fsp3) is 0.190. The van der Waals surface area contributed by atoms with Gasteiger partial charge < -0.3 is 10.1 Å². The highest BCUT2D eigenvalue weighted by molar-refractivity contribution is 5.88. The minimum absolute atomic E-state index is 0.0237. The smallest absolute Gasteiger partial charge is 0.415 e. The molecule has 27 heavy (non-hydrogen) atoms. The largest absolute Gasteiger partial charge is 0.447 e. The Morgan fingerprint density at radius 3 is 2.48 bits per heavy atom. The number of carbonyl (C=O) groups is 1. The van der Waals surface area contributed by atoms with Gasteiger partial charge >= 0.3 is 6.09 Å². The van der Waals surface area contributed by atoms with Crippen molar-refractivity contribution in [3.63, 3.8) is 0 Å². The molecule has 1 atom stereocenters. The van der Waals surface area contributed by atoms with E-state index in [4.69, 9.17) is 4.74 Å². The quantitative estimate of drug-likeness (QED) is 0.736. The van der Waals surface area contributed by atoms with Crippen LogP contribution in [0.2, 0.25) is 0 Å². The molecular formula is C21H20N4O2. The molecule has 6 nitrogen and oxygen atoms in total. The zero-order valence-electron chi connectivity index (χ0n) is 15.0. The van der Waals surface area contributed by atoms with Crippen LogP contribution in [-0.4, -0.2) is 29.2 Å². The maximum absolute atomic E-state index is 11.7. The summed E-state index contributed by atoms with van der Waals surface area (Å²) in [6.45, 7) is 2.94. The van der Waals surface area contributed by atoms with Gasteiger partial charge in [-0.1, -0.05) is 54.6 Å². The van der Waals surface area contributed by atoms with Gasteiger partial charge in [0.05, 0.1) is 12.6 Å². The molecule has 0 bridgehead atoms. The van der Waals surface area contributed by atoms with Gasteiger partial charge in [0.15, 0.2) is 0 Å². The number of rotatable bonds is 5. The third kappa shape index (κ3) is 3.74. The summed E-state index contributed by atoms with van der Waals surface area (Å²) < 4.78 is 4.96. The monoisotopic (exact) mass is 360 g/mol. The van der Waals surface area contributed by atoms with Crippen molar-refractivity contribution >= 4 is 17.9 Å². The summed E-state index contributed by atoms with van der Waals surface area (Å²) in [6, 6.07) is 20.4. The predicted molar refractivity (Wildman–Crippen MR) is 105 cm³/mol. The van der Waals surface area contributed by atoms with Crippen molar-refractivity contribution in [2.75, 3.05) is 23.4 Å². The highest BCUT2D eigenvalue weighted by atomic mass is 16.6. The Hall–Kier alpha value is -3.41. The molecule has 3 aromatic rings. The number of hydrogen-bond acceptors (Lipinski definition) is 5. The summed E-state index contributed by atoms with van der Waals surface area (Å²) in [6.07, 6.45) is 1.27. The molecule has 2 heterocycles. The van der Waals surface area contributed by atoms with Gasteiger partial charge in [0, 0.05) is 6.20 Å². The van der Waals surface area contributed by atoms with E-state index >= 15 is 0 Å². The molecule has 6 heteroatoms. The van der Waals surface area contributed by atoms with Crippen molar-refractivity contribution in [1.82, 2.24) is 9.97 Å². The van der Waals surface area contributed by atoms with Gasteiger partial charge in [-0.2, -0.15) is 4.98 Å². The molecule has 1 aliphatic heterocycles. The van der Waals surface area contributed by atoms with E-state index in [-0.39, 0.29) is 12.1 Å². The number of cyclic esters (lactones) is 1. The Balaban J connectivity index is 1.47. The molecular weight excluding hydrogens is 340 g/mol. The Kier molecular flexibility index (Phi) is 4.70. The number of nitrogens with one attached hydrogen (secondary N) is 1. The van der Waals surface area contributed by atoms with Crippen molar-refractivity contribution in [2.45, 2.75) is 13.0 Å². The maximum Gasteiger partial charge on any atom is 0.415 e. The molecule has 1 amide bonds. The number of aromatic nitrogens is 2. The number of anilines is 2. The number of amides is 1. The molecule has 136 valence electrons. The number of carbonyl (C=O) groups excluding carboxylic acids is 1. The van der Waals surface area contributed by atoms with Gasteiger partial charge in [0.2, 0.25) is 5.95 Å². The summed E-state index contributed by atoms with van der Waals surface area (Å²) in [5.74, 6) is 1.02. The van der Waals surface area contributed by atoms with Crippen molar-refractivity contribution in [2.24, 2.45) is 0 Å². The molecule has 1 aliphatic rings. The molecule has 0 radical (unpaired) electrons. The summed E-state index contributed by atoms with van der Waals surface area (Å²) in [4.78, 5) is 21.9. The summed E-state index contributed by atoms with van der Waals surface area (Å²) >= 11 is 0. The Bertz CT molecular complexity index is 928. The Labute approximate surface area is 157 Å². The van der Waals surface area contributed by atoms with Gasteiger partial charge in [0.1, 0.15) is 12.4 Å². The zero-order chi connectivity index (χ0) is 18.6. The number of benzene rings is 2. The van der Waals surface area contributed by atoms with E-state index in [1.165, 1.54) is 16.0 Å². The number of ether oxygens (including phenoxy) is 1. The lowest BCUT2D eigenvalue weighted by Crippen LogP contribution is -2.25. The third-order valence-corrected chi connectivity index (χ3v) is 4.54. The second-order valence-electron chi connectivity index (χ2n) is 6.36. The Morgan fingerprint density at radius 2 is 1.78 bits per heavy atom. The van der Waals surface area contributed by atoms with E-state index in [9.17, 15) is 4.79 Å². The van der Waals surface area contributed by atoms with E-state index in [1.807, 2.05) is 18.2 Å². The van der Waals surface area contributed by atoms with Crippen molar-refractivity contribution in [1.29, 1.82) is 0 Å². The molecule has 1 N–H and O–H groups in total. The fourth-order valence-corrected chi connectivity index (χ4v) is 3.04. The van der Waals surface area contributed by atoms with E-state index in [0.29, 0.717) is 24.9 Å². The standard InChI is InChI=1S/C21H20N4O2/c1-15(16-7-9-18(10-8-16)17-5-3-2-4-6-17)23-20-22-12-11-19(24-20)25-13-14-27-21(25)26/h2-12,15H,13-14H2,1H3,(H,22,23,24). The highest BCUT2D eigenvalue weighted by Crippen LogP contribution is 2.24. The second-order valence-corrected chi connectivity index (χ2v) is 6.36. The fourth-order valence-electron chi connectivity index (χ4n) is 3.04. The maximum atomic E-state index is 11.7. The van der Waals surface area contributed by atoms with Crippen LogP contribution in [0.4, 0.5) is 16.6 Å². The van der Waals surface area contributed by atoms with Crippen LogP contribution in [0.5, 0.6) is 0 Å². The molecule has 0 spiro atoms. The minimum Gasteiger partial charge on any atom is -0.447 e. The average Bonchev–Trinajstić information content (AvgIpc) is 3.15. The molecule has 1 unspecified atom stereocenters. The highest BCUT2D eigenvalue weighted by Gasteiger charge is 2.25.